The van der Waals surface area contributed by atoms with Gasteiger partial charge < -0.3 is 15.7 Å². The van der Waals surface area contributed by atoms with Gasteiger partial charge in [-0.2, -0.15) is 0 Å². The molecular formula is C20H22N2O3. The predicted octanol–water partition coefficient (Wildman–Crippen LogP) is 1.98. The summed E-state index contributed by atoms with van der Waals surface area (Å²) in [7, 11) is 0. The average molecular weight is 338 g/mol. The zero-order chi connectivity index (χ0) is 18.3. The summed E-state index contributed by atoms with van der Waals surface area (Å²) in [6.07, 6.45) is 1.48. The Morgan fingerprint density at radius 3 is 2.16 bits per heavy atom. The average Bonchev–Trinajstić information content (AvgIpc) is 2.65. The highest BCUT2D eigenvalue weighted by Crippen LogP contribution is 2.24. The SMILES string of the molecule is C=CCNC(=O)C(=O)NCC(C)(O)c1ccc(-c2ccccc2)cc1. The van der Waals surface area contributed by atoms with E-state index in [4.69, 9.17) is 0 Å². The first-order valence-corrected chi connectivity index (χ1v) is 7.99. The monoisotopic (exact) mass is 338 g/mol. The molecule has 130 valence electrons. The molecule has 0 aliphatic rings. The molecule has 2 aromatic rings. The number of aliphatic hydroxyl groups is 1. The number of carbonyl (C=O) groups is 2. The summed E-state index contributed by atoms with van der Waals surface area (Å²) >= 11 is 0. The number of rotatable bonds is 6. The number of nitrogens with one attached hydrogen (secondary N) is 2. The van der Waals surface area contributed by atoms with E-state index in [1.165, 1.54) is 6.08 Å². The lowest BCUT2D eigenvalue weighted by atomic mass is 9.93. The molecule has 0 spiro atoms. The van der Waals surface area contributed by atoms with Crippen LogP contribution in [0.25, 0.3) is 11.1 Å². The molecule has 25 heavy (non-hydrogen) atoms. The molecule has 0 aromatic heterocycles. The maximum Gasteiger partial charge on any atom is 0.309 e. The molecule has 0 heterocycles. The molecule has 3 N–H and O–H groups in total. The van der Waals surface area contributed by atoms with Crippen LogP contribution in [0.2, 0.25) is 0 Å². The van der Waals surface area contributed by atoms with Gasteiger partial charge in [-0.1, -0.05) is 60.7 Å². The van der Waals surface area contributed by atoms with Crippen LogP contribution < -0.4 is 10.6 Å². The molecule has 5 heteroatoms. The Morgan fingerprint density at radius 1 is 1.00 bits per heavy atom. The van der Waals surface area contributed by atoms with Crippen LogP contribution in [0.1, 0.15) is 12.5 Å². The van der Waals surface area contributed by atoms with E-state index in [9.17, 15) is 14.7 Å². The first-order chi connectivity index (χ1) is 11.9. The fourth-order valence-corrected chi connectivity index (χ4v) is 2.33. The minimum absolute atomic E-state index is 0.0714. The van der Waals surface area contributed by atoms with Crippen molar-refractivity contribution in [3.63, 3.8) is 0 Å². The second-order valence-electron chi connectivity index (χ2n) is 5.90. The number of hydrogen-bond donors (Lipinski definition) is 3. The van der Waals surface area contributed by atoms with Crippen molar-refractivity contribution >= 4 is 11.8 Å². The molecule has 2 rings (SSSR count). The van der Waals surface area contributed by atoms with E-state index in [1.807, 2.05) is 54.6 Å². The van der Waals surface area contributed by atoms with E-state index in [-0.39, 0.29) is 13.1 Å². The fourth-order valence-electron chi connectivity index (χ4n) is 2.33. The summed E-state index contributed by atoms with van der Waals surface area (Å²) in [6, 6.07) is 17.4. The molecule has 0 aliphatic carbocycles. The molecule has 0 bridgehead atoms. The van der Waals surface area contributed by atoms with Gasteiger partial charge in [0.2, 0.25) is 0 Å². The van der Waals surface area contributed by atoms with E-state index >= 15 is 0 Å². The second kappa shape index (κ2) is 8.26. The van der Waals surface area contributed by atoms with E-state index in [0.29, 0.717) is 5.56 Å². The molecule has 1 unspecified atom stereocenters. The third-order valence-corrected chi connectivity index (χ3v) is 3.82. The summed E-state index contributed by atoms with van der Waals surface area (Å²) in [5.74, 6) is -1.54. The van der Waals surface area contributed by atoms with Crippen LogP contribution in [0, 0.1) is 0 Å². The molecule has 0 aliphatic heterocycles. The minimum Gasteiger partial charge on any atom is -0.384 e. The Labute approximate surface area is 147 Å². The van der Waals surface area contributed by atoms with Crippen molar-refractivity contribution in [1.29, 1.82) is 0 Å². The molecule has 0 saturated heterocycles. The van der Waals surface area contributed by atoms with Gasteiger partial charge >= 0.3 is 11.8 Å². The summed E-state index contributed by atoms with van der Waals surface area (Å²) in [4.78, 5) is 23.2. The van der Waals surface area contributed by atoms with Crippen molar-refractivity contribution in [3.8, 4) is 11.1 Å². The van der Waals surface area contributed by atoms with Crippen molar-refractivity contribution in [1.82, 2.24) is 10.6 Å². The van der Waals surface area contributed by atoms with Gasteiger partial charge in [0.05, 0.1) is 6.54 Å². The van der Waals surface area contributed by atoms with Crippen LogP contribution in [0.5, 0.6) is 0 Å². The molecule has 1 atom stereocenters. The van der Waals surface area contributed by atoms with E-state index in [1.54, 1.807) is 6.92 Å². The third kappa shape index (κ3) is 5.02. The van der Waals surface area contributed by atoms with Crippen molar-refractivity contribution in [3.05, 3.63) is 72.8 Å². The van der Waals surface area contributed by atoms with E-state index < -0.39 is 17.4 Å². The van der Waals surface area contributed by atoms with Crippen molar-refractivity contribution in [2.75, 3.05) is 13.1 Å². The highest BCUT2D eigenvalue weighted by Gasteiger charge is 2.25. The number of carbonyl (C=O) groups excluding carboxylic acids is 2. The molecule has 0 fully saturated rings. The lowest BCUT2D eigenvalue weighted by Gasteiger charge is -2.24. The van der Waals surface area contributed by atoms with Crippen LogP contribution in [-0.2, 0) is 15.2 Å². The zero-order valence-corrected chi connectivity index (χ0v) is 14.2. The minimum atomic E-state index is -1.29. The normalized spacial score (nSPS) is 12.7. The highest BCUT2D eigenvalue weighted by molar-refractivity contribution is 6.35. The standard InChI is InChI=1S/C20H22N2O3/c1-3-13-21-18(23)19(24)22-14-20(2,25)17-11-9-16(10-12-17)15-7-5-4-6-8-15/h3-12,25H,1,13-14H2,2H3,(H,21,23)(H,22,24). The first kappa shape index (κ1) is 18.4. The summed E-state index contributed by atoms with van der Waals surface area (Å²) in [5.41, 5.74) is 1.48. The maximum absolute atomic E-state index is 11.7. The quantitative estimate of drug-likeness (QED) is 0.557. The lowest BCUT2D eigenvalue weighted by molar-refractivity contribution is -0.139. The topological polar surface area (TPSA) is 78.4 Å². The Kier molecular flexibility index (Phi) is 6.08. The van der Waals surface area contributed by atoms with Gasteiger partial charge in [-0.05, 0) is 23.6 Å². The van der Waals surface area contributed by atoms with Crippen LogP contribution in [0.15, 0.2) is 67.3 Å². The molecule has 2 amide bonds. The smallest absolute Gasteiger partial charge is 0.309 e. The Hall–Kier alpha value is -2.92. The predicted molar refractivity (Wildman–Crippen MR) is 97.7 cm³/mol. The highest BCUT2D eigenvalue weighted by atomic mass is 16.3. The first-order valence-electron chi connectivity index (χ1n) is 7.99. The summed E-state index contributed by atoms with van der Waals surface area (Å²) < 4.78 is 0. The van der Waals surface area contributed by atoms with Gasteiger partial charge in [0.25, 0.3) is 0 Å². The van der Waals surface area contributed by atoms with Gasteiger partial charge in [0.1, 0.15) is 5.60 Å². The maximum atomic E-state index is 11.7. The van der Waals surface area contributed by atoms with Crippen LogP contribution in [0.3, 0.4) is 0 Å². The van der Waals surface area contributed by atoms with Gasteiger partial charge in [0.15, 0.2) is 0 Å². The van der Waals surface area contributed by atoms with Crippen molar-refractivity contribution in [2.45, 2.75) is 12.5 Å². The van der Waals surface area contributed by atoms with Crippen molar-refractivity contribution < 1.29 is 14.7 Å². The third-order valence-electron chi connectivity index (χ3n) is 3.82. The summed E-state index contributed by atoms with van der Waals surface area (Å²) in [6.45, 7) is 5.19. The lowest BCUT2D eigenvalue weighted by Crippen LogP contribution is -2.45. The Balaban J connectivity index is 2.00. The Bertz CT molecular complexity index is 737. The van der Waals surface area contributed by atoms with Crippen LogP contribution >= 0.6 is 0 Å². The molecule has 5 nitrogen and oxygen atoms in total. The van der Waals surface area contributed by atoms with Gasteiger partial charge in [-0.25, -0.2) is 0 Å². The molecule has 2 aromatic carbocycles. The molecule has 0 saturated carbocycles. The van der Waals surface area contributed by atoms with Crippen LogP contribution in [-0.4, -0.2) is 30.0 Å². The fraction of sp³-hybridized carbons (Fsp3) is 0.200. The van der Waals surface area contributed by atoms with E-state index in [0.717, 1.165) is 11.1 Å². The second-order valence-corrected chi connectivity index (χ2v) is 5.90. The molecule has 0 radical (unpaired) electrons. The van der Waals surface area contributed by atoms with Gasteiger partial charge in [-0.15, -0.1) is 6.58 Å². The zero-order valence-electron chi connectivity index (χ0n) is 14.2. The number of benzene rings is 2. The number of amides is 2. The van der Waals surface area contributed by atoms with E-state index in [2.05, 4.69) is 17.2 Å². The largest absolute Gasteiger partial charge is 0.384 e. The summed E-state index contributed by atoms with van der Waals surface area (Å²) in [5, 5.41) is 15.4. The van der Waals surface area contributed by atoms with Gasteiger partial charge in [-0.3, -0.25) is 9.59 Å². The van der Waals surface area contributed by atoms with Crippen LogP contribution in [0.4, 0.5) is 0 Å². The van der Waals surface area contributed by atoms with Crippen molar-refractivity contribution in [2.24, 2.45) is 0 Å². The molecular weight excluding hydrogens is 316 g/mol. The number of hydrogen-bond acceptors (Lipinski definition) is 3. The van der Waals surface area contributed by atoms with Gasteiger partial charge in [0, 0.05) is 6.54 Å². The Morgan fingerprint density at radius 2 is 1.56 bits per heavy atom.